The molecule has 0 saturated heterocycles. The van der Waals surface area contributed by atoms with Crippen molar-refractivity contribution in [2.75, 3.05) is 33.0 Å². The fourth-order valence-corrected chi connectivity index (χ4v) is 6.59. The first-order valence-corrected chi connectivity index (χ1v) is 21.5. The Morgan fingerprint density at radius 2 is 0.936 bits per heavy atom. The molecule has 47 heavy (non-hydrogen) atoms. The number of carbonyl (C=O) groups is 1. The highest BCUT2D eigenvalue weighted by Crippen LogP contribution is 2.43. The van der Waals surface area contributed by atoms with Crippen molar-refractivity contribution < 1.29 is 32.8 Å². The van der Waals surface area contributed by atoms with Gasteiger partial charge in [-0.1, -0.05) is 181 Å². The predicted octanol–water partition coefficient (Wildman–Crippen LogP) is 11.4. The highest BCUT2D eigenvalue weighted by Gasteiger charge is 2.25. The Labute approximate surface area is 291 Å². The summed E-state index contributed by atoms with van der Waals surface area (Å²) in [6, 6.07) is 0. The van der Waals surface area contributed by atoms with Crippen LogP contribution in [0.4, 0.5) is 0 Å². The summed E-state index contributed by atoms with van der Waals surface area (Å²) in [5.74, 6) is -0.328. The van der Waals surface area contributed by atoms with Gasteiger partial charge in [0.25, 0.3) is 0 Å². The van der Waals surface area contributed by atoms with Gasteiger partial charge in [0, 0.05) is 19.6 Å². The maximum absolute atomic E-state index is 12.5. The summed E-state index contributed by atoms with van der Waals surface area (Å²) >= 11 is 0. The number of nitrogens with two attached hydrogens (primary N) is 1. The average molecular weight is 692 g/mol. The molecule has 0 radical (unpaired) electrons. The highest BCUT2D eigenvalue weighted by molar-refractivity contribution is 7.47. The Morgan fingerprint density at radius 3 is 1.34 bits per heavy atom. The van der Waals surface area contributed by atoms with Gasteiger partial charge in [-0.15, -0.1) is 0 Å². The van der Waals surface area contributed by atoms with Crippen LogP contribution in [0.2, 0.25) is 0 Å². The van der Waals surface area contributed by atoms with Crippen molar-refractivity contribution in [2.24, 2.45) is 5.73 Å². The molecule has 0 aromatic carbocycles. The number of hydrogen-bond donors (Lipinski definition) is 2. The number of phosphoric acid groups is 1. The van der Waals surface area contributed by atoms with Crippen LogP contribution in [0.15, 0.2) is 0 Å². The van der Waals surface area contributed by atoms with Crippen molar-refractivity contribution in [1.29, 1.82) is 0 Å². The zero-order valence-corrected chi connectivity index (χ0v) is 31.9. The molecule has 0 aliphatic rings. The van der Waals surface area contributed by atoms with Crippen molar-refractivity contribution in [3.8, 4) is 0 Å². The van der Waals surface area contributed by atoms with E-state index in [1.54, 1.807) is 0 Å². The zero-order valence-electron chi connectivity index (χ0n) is 31.0. The topological polar surface area (TPSA) is 117 Å². The fraction of sp³-hybridized carbons (Fsp3) is 0.974. The smallest absolute Gasteiger partial charge is 0.457 e. The van der Waals surface area contributed by atoms with Crippen LogP contribution in [0.25, 0.3) is 0 Å². The second-order valence-electron chi connectivity index (χ2n) is 13.5. The van der Waals surface area contributed by atoms with Crippen LogP contribution >= 0.6 is 7.82 Å². The molecule has 2 atom stereocenters. The Kier molecular flexibility index (Phi) is 36.4. The van der Waals surface area contributed by atoms with Gasteiger partial charge >= 0.3 is 13.8 Å². The Morgan fingerprint density at radius 1 is 0.553 bits per heavy atom. The maximum atomic E-state index is 12.5. The van der Waals surface area contributed by atoms with E-state index in [1.807, 2.05) is 0 Å². The maximum Gasteiger partial charge on any atom is 0.472 e. The van der Waals surface area contributed by atoms with Crippen molar-refractivity contribution in [2.45, 2.75) is 206 Å². The molecule has 0 aliphatic carbocycles. The third-order valence-corrected chi connectivity index (χ3v) is 9.76. The standard InChI is InChI=1S/C38H78NO7P/c1-3-5-7-9-11-13-15-16-17-18-19-20-21-22-24-26-28-30-33-43-35-37(36-45-47(41,42)44-34-32-39)46-38(40)31-29-27-25-23-14-12-10-8-6-4-2/h37H,3-36,39H2,1-2H3,(H,41,42). The molecular formula is C38H78NO7P. The number of phosphoric ester groups is 1. The molecule has 282 valence electrons. The lowest BCUT2D eigenvalue weighted by Gasteiger charge is -2.20. The van der Waals surface area contributed by atoms with Crippen LogP contribution in [0.5, 0.6) is 0 Å². The van der Waals surface area contributed by atoms with Crippen LogP contribution in [0.1, 0.15) is 200 Å². The molecule has 9 heteroatoms. The minimum Gasteiger partial charge on any atom is -0.457 e. The molecule has 0 spiro atoms. The molecule has 0 aromatic heterocycles. The van der Waals surface area contributed by atoms with Gasteiger partial charge in [0.2, 0.25) is 0 Å². The van der Waals surface area contributed by atoms with Gasteiger partial charge in [-0.2, -0.15) is 0 Å². The Balaban J connectivity index is 3.95. The number of esters is 1. The van der Waals surface area contributed by atoms with Crippen LogP contribution < -0.4 is 5.73 Å². The normalized spacial score (nSPS) is 13.5. The predicted molar refractivity (Wildman–Crippen MR) is 197 cm³/mol. The van der Waals surface area contributed by atoms with Gasteiger partial charge < -0.3 is 20.1 Å². The zero-order chi connectivity index (χ0) is 34.5. The van der Waals surface area contributed by atoms with E-state index < -0.39 is 13.9 Å². The summed E-state index contributed by atoms with van der Waals surface area (Å²) in [7, 11) is -4.26. The largest absolute Gasteiger partial charge is 0.472 e. The number of rotatable bonds is 39. The Bertz CT molecular complexity index is 697. The minimum absolute atomic E-state index is 0.0904. The monoisotopic (exact) mass is 692 g/mol. The van der Waals surface area contributed by atoms with Crippen LogP contribution in [0, 0.1) is 0 Å². The first-order valence-electron chi connectivity index (χ1n) is 20.0. The molecule has 0 heterocycles. The lowest BCUT2D eigenvalue weighted by Crippen LogP contribution is -2.28. The minimum atomic E-state index is -4.26. The number of ether oxygens (including phenoxy) is 2. The third-order valence-electron chi connectivity index (χ3n) is 8.77. The molecule has 0 aliphatic heterocycles. The highest BCUT2D eigenvalue weighted by atomic mass is 31.2. The molecule has 2 unspecified atom stereocenters. The van der Waals surface area contributed by atoms with Gasteiger partial charge in [-0.05, 0) is 12.8 Å². The number of hydrogen-bond acceptors (Lipinski definition) is 7. The van der Waals surface area contributed by atoms with Gasteiger partial charge in [-0.3, -0.25) is 13.8 Å². The van der Waals surface area contributed by atoms with E-state index in [0.29, 0.717) is 13.0 Å². The molecule has 0 aromatic rings. The quantitative estimate of drug-likeness (QED) is 0.0371. The summed E-state index contributed by atoms with van der Waals surface area (Å²) in [6.07, 6.45) is 35.5. The average Bonchev–Trinajstić information content (AvgIpc) is 3.06. The first-order chi connectivity index (χ1) is 22.9. The van der Waals surface area contributed by atoms with Crippen molar-refractivity contribution in [3.05, 3.63) is 0 Å². The SMILES string of the molecule is CCCCCCCCCCCCCCCCCCCCOCC(COP(=O)(O)OCCN)OC(=O)CCCCCCCCCCCC. The lowest BCUT2D eigenvalue weighted by atomic mass is 10.0. The van der Waals surface area contributed by atoms with E-state index in [1.165, 1.54) is 148 Å². The van der Waals surface area contributed by atoms with Gasteiger partial charge in [-0.25, -0.2) is 4.57 Å². The second-order valence-corrected chi connectivity index (χ2v) is 15.0. The molecular weight excluding hydrogens is 613 g/mol. The summed E-state index contributed by atoms with van der Waals surface area (Å²) in [4.78, 5) is 22.3. The molecule has 0 bridgehead atoms. The van der Waals surface area contributed by atoms with Gasteiger partial charge in [0.05, 0.1) is 19.8 Å². The Hall–Kier alpha value is -0.500. The van der Waals surface area contributed by atoms with E-state index in [4.69, 9.17) is 24.3 Å². The summed E-state index contributed by atoms with van der Waals surface area (Å²) in [5.41, 5.74) is 5.35. The first kappa shape index (κ1) is 46.5. The molecule has 0 amide bonds. The lowest BCUT2D eigenvalue weighted by molar-refractivity contribution is -0.154. The molecule has 3 N–H and O–H groups in total. The molecule has 0 rings (SSSR count). The van der Waals surface area contributed by atoms with Crippen molar-refractivity contribution in [3.63, 3.8) is 0 Å². The van der Waals surface area contributed by atoms with E-state index in [2.05, 4.69) is 13.8 Å². The molecule has 0 fully saturated rings. The summed E-state index contributed by atoms with van der Waals surface area (Å²) < 4.78 is 33.3. The molecule has 8 nitrogen and oxygen atoms in total. The van der Waals surface area contributed by atoms with Crippen molar-refractivity contribution >= 4 is 13.8 Å². The second kappa shape index (κ2) is 36.8. The third kappa shape index (κ3) is 36.6. The van der Waals surface area contributed by atoms with Gasteiger partial charge in [0.15, 0.2) is 0 Å². The van der Waals surface area contributed by atoms with E-state index >= 15 is 0 Å². The molecule has 0 saturated carbocycles. The fourth-order valence-electron chi connectivity index (χ4n) is 5.82. The van der Waals surface area contributed by atoms with Gasteiger partial charge in [0.1, 0.15) is 6.10 Å². The van der Waals surface area contributed by atoms with E-state index in [-0.39, 0.29) is 32.3 Å². The summed E-state index contributed by atoms with van der Waals surface area (Å²) in [6.45, 7) is 4.95. The van der Waals surface area contributed by atoms with Crippen LogP contribution in [-0.4, -0.2) is 49.9 Å². The summed E-state index contributed by atoms with van der Waals surface area (Å²) in [5, 5.41) is 0. The number of unbranched alkanes of at least 4 members (excludes halogenated alkanes) is 26. The van der Waals surface area contributed by atoms with Crippen molar-refractivity contribution in [1.82, 2.24) is 0 Å². The number of carbonyl (C=O) groups excluding carboxylic acids is 1. The van der Waals surface area contributed by atoms with Crippen LogP contribution in [-0.2, 0) is 27.9 Å². The van der Waals surface area contributed by atoms with E-state index in [0.717, 1.165) is 32.1 Å². The van der Waals surface area contributed by atoms with Crippen LogP contribution in [0.3, 0.4) is 0 Å². The van der Waals surface area contributed by atoms with E-state index in [9.17, 15) is 14.3 Å².